The van der Waals surface area contributed by atoms with E-state index in [4.69, 9.17) is 9.47 Å². The Morgan fingerprint density at radius 3 is 2.62 bits per heavy atom. The summed E-state index contributed by atoms with van der Waals surface area (Å²) in [6.45, 7) is 1.96. The lowest BCUT2D eigenvalue weighted by Crippen LogP contribution is -2.40. The van der Waals surface area contributed by atoms with Crippen molar-refractivity contribution in [2.45, 2.75) is 54.9 Å². The van der Waals surface area contributed by atoms with Crippen LogP contribution in [-0.2, 0) is 20.2 Å². The SMILES string of the molecule is COc1ccccc1S(=O)(=O)Nc1cc(OC2CCCN(C)CC2)c2c(c1)C1(CCC1)C(=O)N2. The molecule has 182 valence electrons. The Morgan fingerprint density at radius 1 is 1.09 bits per heavy atom. The Hall–Kier alpha value is -2.78. The van der Waals surface area contributed by atoms with Crippen LogP contribution in [-0.4, -0.2) is 52.6 Å². The molecule has 1 atom stereocenters. The minimum atomic E-state index is -3.92. The lowest BCUT2D eigenvalue weighted by molar-refractivity contribution is -0.123. The summed E-state index contributed by atoms with van der Waals surface area (Å²) in [6, 6.07) is 9.98. The van der Waals surface area contributed by atoms with Gasteiger partial charge in [-0.25, -0.2) is 8.42 Å². The third kappa shape index (κ3) is 4.01. The quantitative estimate of drug-likeness (QED) is 0.647. The van der Waals surface area contributed by atoms with E-state index in [0.717, 1.165) is 57.2 Å². The van der Waals surface area contributed by atoms with E-state index < -0.39 is 15.4 Å². The number of ether oxygens (including phenoxy) is 2. The van der Waals surface area contributed by atoms with Crippen LogP contribution in [0, 0.1) is 0 Å². The van der Waals surface area contributed by atoms with E-state index in [1.807, 2.05) is 0 Å². The standard InChI is InChI=1S/C25H31N3O5S/c1-28-13-5-7-18(10-14-28)33-21-16-17(15-19-23(21)26-24(29)25(19)11-6-12-25)27-34(30,31)22-9-4-3-8-20(22)32-2/h3-4,8-9,15-16,18,27H,5-7,10-14H2,1-2H3,(H,26,29). The molecule has 2 aromatic carbocycles. The van der Waals surface area contributed by atoms with Crippen LogP contribution < -0.4 is 19.5 Å². The van der Waals surface area contributed by atoms with Crippen LogP contribution >= 0.6 is 0 Å². The molecule has 1 saturated carbocycles. The first-order chi connectivity index (χ1) is 16.3. The van der Waals surface area contributed by atoms with E-state index in [1.165, 1.54) is 13.2 Å². The number of hydrogen-bond acceptors (Lipinski definition) is 6. The molecular formula is C25H31N3O5S. The first-order valence-corrected chi connectivity index (χ1v) is 13.3. The minimum Gasteiger partial charge on any atom is -0.495 e. The van der Waals surface area contributed by atoms with Gasteiger partial charge in [0.25, 0.3) is 10.0 Å². The highest BCUT2D eigenvalue weighted by atomic mass is 32.2. The summed E-state index contributed by atoms with van der Waals surface area (Å²) in [4.78, 5) is 15.3. The fourth-order valence-corrected chi connectivity index (χ4v) is 6.43. The van der Waals surface area contributed by atoms with E-state index >= 15 is 0 Å². The van der Waals surface area contributed by atoms with Crippen LogP contribution in [0.4, 0.5) is 11.4 Å². The Balaban J connectivity index is 1.52. The van der Waals surface area contributed by atoms with Crippen molar-refractivity contribution in [2.24, 2.45) is 0 Å². The predicted octanol–water partition coefficient (Wildman–Crippen LogP) is 3.73. The number of fused-ring (bicyclic) bond motifs is 2. The first kappa shape index (κ1) is 23.0. The van der Waals surface area contributed by atoms with E-state index in [0.29, 0.717) is 17.1 Å². The Labute approximate surface area is 200 Å². The maximum Gasteiger partial charge on any atom is 0.265 e. The molecule has 1 unspecified atom stereocenters. The van der Waals surface area contributed by atoms with Gasteiger partial charge in [-0.1, -0.05) is 18.6 Å². The normalized spacial score (nSPS) is 21.8. The van der Waals surface area contributed by atoms with Gasteiger partial charge in [-0.3, -0.25) is 9.52 Å². The van der Waals surface area contributed by atoms with E-state index in [2.05, 4.69) is 22.0 Å². The molecule has 34 heavy (non-hydrogen) atoms. The van der Waals surface area contributed by atoms with Gasteiger partial charge in [0.05, 0.1) is 23.9 Å². The number of para-hydroxylation sites is 1. The third-order valence-corrected chi connectivity index (χ3v) is 8.72. The zero-order valence-electron chi connectivity index (χ0n) is 19.6. The summed E-state index contributed by atoms with van der Waals surface area (Å²) in [7, 11) is -0.371. The lowest BCUT2D eigenvalue weighted by atomic mass is 9.65. The molecule has 0 aromatic heterocycles. The average Bonchev–Trinajstić information content (AvgIpc) is 2.94. The number of nitrogens with zero attached hydrogens (tertiary/aromatic N) is 1. The topological polar surface area (TPSA) is 97.0 Å². The highest BCUT2D eigenvalue weighted by Crippen LogP contribution is 2.54. The van der Waals surface area contributed by atoms with Crippen molar-refractivity contribution < 1.29 is 22.7 Å². The summed E-state index contributed by atoms with van der Waals surface area (Å²) >= 11 is 0. The van der Waals surface area contributed by atoms with Gasteiger partial charge in [0.2, 0.25) is 5.91 Å². The minimum absolute atomic E-state index is 0.00460. The van der Waals surface area contributed by atoms with Gasteiger partial charge >= 0.3 is 0 Å². The fraction of sp³-hybridized carbons (Fsp3) is 0.480. The summed E-state index contributed by atoms with van der Waals surface area (Å²) < 4.78 is 40.9. The van der Waals surface area contributed by atoms with Gasteiger partial charge in [0.15, 0.2) is 0 Å². The van der Waals surface area contributed by atoms with Crippen molar-refractivity contribution in [1.29, 1.82) is 0 Å². The molecule has 2 fully saturated rings. The number of amides is 1. The van der Waals surface area contributed by atoms with Crippen LogP contribution in [0.5, 0.6) is 11.5 Å². The summed E-state index contributed by atoms with van der Waals surface area (Å²) in [5.74, 6) is 0.772. The number of carbonyl (C=O) groups is 1. The number of hydrogen-bond donors (Lipinski definition) is 2. The second-order valence-electron chi connectivity index (χ2n) is 9.52. The average molecular weight is 486 g/mol. The Kier molecular flexibility index (Phi) is 5.93. The molecule has 2 aromatic rings. The first-order valence-electron chi connectivity index (χ1n) is 11.8. The summed E-state index contributed by atoms with van der Waals surface area (Å²) in [6.07, 6.45) is 5.29. The molecule has 1 aliphatic carbocycles. The third-order valence-electron chi connectivity index (χ3n) is 7.30. The molecule has 2 N–H and O–H groups in total. The van der Waals surface area contributed by atoms with Crippen LogP contribution in [0.15, 0.2) is 41.3 Å². The van der Waals surface area contributed by atoms with Crippen LogP contribution in [0.1, 0.15) is 44.1 Å². The van der Waals surface area contributed by atoms with Gasteiger partial charge in [0.1, 0.15) is 22.5 Å². The predicted molar refractivity (Wildman–Crippen MR) is 130 cm³/mol. The molecule has 2 heterocycles. The lowest BCUT2D eigenvalue weighted by Gasteiger charge is -2.36. The maximum atomic E-state index is 13.3. The molecule has 8 nitrogen and oxygen atoms in total. The monoisotopic (exact) mass is 485 g/mol. The Morgan fingerprint density at radius 2 is 1.88 bits per heavy atom. The van der Waals surface area contributed by atoms with Crippen molar-refractivity contribution in [3.05, 3.63) is 42.0 Å². The molecule has 1 amide bonds. The largest absolute Gasteiger partial charge is 0.495 e. The molecule has 2 aliphatic heterocycles. The van der Waals surface area contributed by atoms with Crippen molar-refractivity contribution in [3.63, 3.8) is 0 Å². The second kappa shape index (κ2) is 8.78. The van der Waals surface area contributed by atoms with Crippen molar-refractivity contribution in [1.82, 2.24) is 4.90 Å². The van der Waals surface area contributed by atoms with Crippen molar-refractivity contribution >= 4 is 27.3 Å². The number of nitrogens with one attached hydrogen (secondary N) is 2. The number of likely N-dealkylation sites (tertiary alicyclic amines) is 1. The van der Waals surface area contributed by atoms with Gasteiger partial charge in [-0.15, -0.1) is 0 Å². The molecule has 3 aliphatic rings. The second-order valence-corrected chi connectivity index (χ2v) is 11.2. The highest BCUT2D eigenvalue weighted by molar-refractivity contribution is 7.92. The fourth-order valence-electron chi connectivity index (χ4n) is 5.21. The maximum absolute atomic E-state index is 13.3. The van der Waals surface area contributed by atoms with Gasteiger partial charge in [-0.2, -0.15) is 0 Å². The molecule has 0 bridgehead atoms. The number of benzene rings is 2. The Bertz CT molecular complexity index is 1210. The summed E-state index contributed by atoms with van der Waals surface area (Å²) in [5, 5.41) is 3.04. The van der Waals surface area contributed by atoms with Gasteiger partial charge in [0, 0.05) is 12.6 Å². The van der Waals surface area contributed by atoms with E-state index in [9.17, 15) is 13.2 Å². The van der Waals surface area contributed by atoms with Gasteiger partial charge < -0.3 is 19.7 Å². The summed E-state index contributed by atoms with van der Waals surface area (Å²) in [5.41, 5.74) is 1.30. The number of rotatable bonds is 6. The van der Waals surface area contributed by atoms with Crippen molar-refractivity contribution in [2.75, 3.05) is 37.3 Å². The molecule has 1 spiro atoms. The van der Waals surface area contributed by atoms with E-state index in [-0.39, 0.29) is 22.7 Å². The molecule has 1 saturated heterocycles. The highest BCUT2D eigenvalue weighted by Gasteiger charge is 2.52. The molecule has 9 heteroatoms. The van der Waals surface area contributed by atoms with Crippen LogP contribution in [0.3, 0.4) is 0 Å². The number of methoxy groups -OCH3 is 1. The smallest absolute Gasteiger partial charge is 0.265 e. The number of carbonyl (C=O) groups excluding carboxylic acids is 1. The van der Waals surface area contributed by atoms with Crippen molar-refractivity contribution in [3.8, 4) is 11.5 Å². The molecular weight excluding hydrogens is 454 g/mol. The zero-order chi connectivity index (χ0) is 23.9. The zero-order valence-corrected chi connectivity index (χ0v) is 20.4. The van der Waals surface area contributed by atoms with Gasteiger partial charge in [-0.05, 0) is 69.5 Å². The van der Waals surface area contributed by atoms with E-state index in [1.54, 1.807) is 30.3 Å². The van der Waals surface area contributed by atoms with Crippen LogP contribution in [0.25, 0.3) is 0 Å². The number of anilines is 2. The molecule has 5 rings (SSSR count). The van der Waals surface area contributed by atoms with Crippen LogP contribution in [0.2, 0.25) is 0 Å². The molecule has 0 radical (unpaired) electrons. The number of sulfonamides is 1.